The summed E-state index contributed by atoms with van der Waals surface area (Å²) in [4.78, 5) is 30.8. The van der Waals surface area contributed by atoms with Crippen molar-refractivity contribution in [3.05, 3.63) is 30.1 Å². The van der Waals surface area contributed by atoms with Crippen LogP contribution in [0.4, 0.5) is 4.79 Å². The Hall–Kier alpha value is -2.11. The zero-order valence-electron chi connectivity index (χ0n) is 14.5. The summed E-state index contributed by atoms with van der Waals surface area (Å²) in [5.74, 6) is 0.162. The molecule has 6 heteroatoms. The molecule has 0 radical (unpaired) electrons. The maximum atomic E-state index is 12.4. The van der Waals surface area contributed by atoms with Gasteiger partial charge in [0.1, 0.15) is 0 Å². The van der Waals surface area contributed by atoms with E-state index in [1.165, 1.54) is 12.8 Å². The fraction of sp³-hybridized carbons (Fsp3) is 0.632. The Morgan fingerprint density at radius 2 is 2.16 bits per heavy atom. The maximum Gasteiger partial charge on any atom is 0.317 e. The van der Waals surface area contributed by atoms with E-state index in [4.69, 9.17) is 0 Å². The van der Waals surface area contributed by atoms with E-state index in [2.05, 4.69) is 15.6 Å². The second-order valence-corrected chi connectivity index (χ2v) is 7.80. The zero-order chi connectivity index (χ0) is 17.3. The van der Waals surface area contributed by atoms with Crippen molar-refractivity contribution in [3.8, 4) is 0 Å². The Kier molecular flexibility index (Phi) is 4.36. The molecule has 0 aromatic carbocycles. The van der Waals surface area contributed by atoms with E-state index in [1.54, 1.807) is 12.4 Å². The quantitative estimate of drug-likeness (QED) is 0.879. The van der Waals surface area contributed by atoms with Gasteiger partial charge in [0.05, 0.1) is 0 Å². The summed E-state index contributed by atoms with van der Waals surface area (Å²) >= 11 is 0. The number of aromatic nitrogens is 1. The van der Waals surface area contributed by atoms with Gasteiger partial charge >= 0.3 is 6.03 Å². The summed E-state index contributed by atoms with van der Waals surface area (Å²) in [5.41, 5.74) is 1.03. The van der Waals surface area contributed by atoms with E-state index in [-0.39, 0.29) is 23.3 Å². The highest BCUT2D eigenvalue weighted by Crippen LogP contribution is 2.58. The van der Waals surface area contributed by atoms with Crippen LogP contribution in [0.25, 0.3) is 0 Å². The molecule has 25 heavy (non-hydrogen) atoms. The smallest absolute Gasteiger partial charge is 0.317 e. The van der Waals surface area contributed by atoms with Crippen molar-refractivity contribution in [3.63, 3.8) is 0 Å². The average molecular weight is 342 g/mol. The molecule has 1 saturated heterocycles. The minimum absolute atomic E-state index is 0.0199. The molecular formula is C19H26N4O2. The number of hydrogen-bond donors (Lipinski definition) is 2. The molecule has 3 aliphatic rings. The SMILES string of the molecule is O=C(NCc1cccnc1)[C@H]1C[C@@]12CCN(C(=O)NC1CCCC1)C2. The maximum absolute atomic E-state index is 12.4. The summed E-state index contributed by atoms with van der Waals surface area (Å²) in [5, 5.41) is 6.17. The van der Waals surface area contributed by atoms with Crippen LogP contribution in [0.15, 0.2) is 24.5 Å². The topological polar surface area (TPSA) is 74.3 Å². The Bertz CT molecular complexity index is 644. The number of likely N-dealkylation sites (tertiary alicyclic amines) is 1. The Morgan fingerprint density at radius 3 is 2.92 bits per heavy atom. The van der Waals surface area contributed by atoms with E-state index in [1.807, 2.05) is 17.0 Å². The highest BCUT2D eigenvalue weighted by atomic mass is 16.2. The summed E-state index contributed by atoms with van der Waals surface area (Å²) in [7, 11) is 0. The van der Waals surface area contributed by atoms with Crippen LogP contribution in [-0.4, -0.2) is 41.0 Å². The average Bonchev–Trinajstić information content (AvgIpc) is 2.96. The van der Waals surface area contributed by atoms with Crippen molar-refractivity contribution in [1.29, 1.82) is 0 Å². The molecule has 1 aromatic heterocycles. The summed E-state index contributed by atoms with van der Waals surface area (Å²) in [6, 6.07) is 4.24. The molecule has 0 bridgehead atoms. The monoisotopic (exact) mass is 342 g/mol. The number of hydrogen-bond acceptors (Lipinski definition) is 3. The Balaban J connectivity index is 1.25. The van der Waals surface area contributed by atoms with Crippen LogP contribution in [0.2, 0.25) is 0 Å². The molecule has 1 spiro atoms. The molecular weight excluding hydrogens is 316 g/mol. The lowest BCUT2D eigenvalue weighted by Gasteiger charge is -2.20. The molecule has 1 aliphatic heterocycles. The van der Waals surface area contributed by atoms with Gasteiger partial charge in [-0.3, -0.25) is 9.78 Å². The van der Waals surface area contributed by atoms with Gasteiger partial charge in [-0.1, -0.05) is 18.9 Å². The van der Waals surface area contributed by atoms with E-state index in [9.17, 15) is 9.59 Å². The highest BCUT2D eigenvalue weighted by molar-refractivity contribution is 5.83. The second-order valence-electron chi connectivity index (χ2n) is 7.80. The molecule has 6 nitrogen and oxygen atoms in total. The van der Waals surface area contributed by atoms with Crippen LogP contribution in [0.3, 0.4) is 0 Å². The van der Waals surface area contributed by atoms with Gasteiger partial charge < -0.3 is 15.5 Å². The molecule has 4 rings (SSSR count). The third kappa shape index (κ3) is 3.48. The summed E-state index contributed by atoms with van der Waals surface area (Å²) in [6.45, 7) is 2.01. The van der Waals surface area contributed by atoms with Crippen LogP contribution < -0.4 is 10.6 Å². The molecule has 1 aromatic rings. The summed E-state index contributed by atoms with van der Waals surface area (Å²) in [6.07, 6.45) is 9.98. The number of nitrogens with zero attached hydrogens (tertiary/aromatic N) is 2. The third-order valence-electron chi connectivity index (χ3n) is 6.05. The Morgan fingerprint density at radius 1 is 1.32 bits per heavy atom. The van der Waals surface area contributed by atoms with Crippen molar-refractivity contribution in [2.24, 2.45) is 11.3 Å². The number of carbonyl (C=O) groups is 2. The fourth-order valence-electron chi connectivity index (χ4n) is 4.39. The number of amides is 3. The molecule has 134 valence electrons. The lowest BCUT2D eigenvalue weighted by atomic mass is 10.0. The largest absolute Gasteiger partial charge is 0.352 e. The number of urea groups is 1. The third-order valence-corrected chi connectivity index (χ3v) is 6.05. The van der Waals surface area contributed by atoms with E-state index >= 15 is 0 Å². The van der Waals surface area contributed by atoms with Crippen LogP contribution >= 0.6 is 0 Å². The first kappa shape index (κ1) is 16.4. The van der Waals surface area contributed by atoms with Gasteiger partial charge in [0, 0.05) is 49.4 Å². The number of rotatable bonds is 4. The molecule has 0 unspecified atom stereocenters. The number of pyridine rings is 1. The number of nitrogens with one attached hydrogen (secondary N) is 2. The number of carbonyl (C=O) groups excluding carboxylic acids is 2. The van der Waals surface area contributed by atoms with Crippen molar-refractivity contribution < 1.29 is 9.59 Å². The van der Waals surface area contributed by atoms with Crippen LogP contribution in [0.1, 0.15) is 44.1 Å². The second kappa shape index (κ2) is 6.65. The van der Waals surface area contributed by atoms with Crippen LogP contribution in [-0.2, 0) is 11.3 Å². The Labute approximate surface area is 148 Å². The minimum Gasteiger partial charge on any atom is -0.352 e. The van der Waals surface area contributed by atoms with Gasteiger partial charge in [-0.25, -0.2) is 4.79 Å². The molecule has 2 N–H and O–H groups in total. The zero-order valence-corrected chi connectivity index (χ0v) is 14.5. The molecule has 3 amide bonds. The van der Waals surface area contributed by atoms with Gasteiger partial charge in [-0.15, -0.1) is 0 Å². The lowest BCUT2D eigenvalue weighted by molar-refractivity contribution is -0.123. The highest BCUT2D eigenvalue weighted by Gasteiger charge is 2.61. The first-order valence-corrected chi connectivity index (χ1v) is 9.38. The predicted octanol–water partition coefficient (Wildman–Crippen LogP) is 2.06. The normalized spacial score (nSPS) is 28.3. The van der Waals surface area contributed by atoms with Crippen molar-refractivity contribution in [2.45, 2.75) is 51.1 Å². The van der Waals surface area contributed by atoms with Crippen molar-refractivity contribution >= 4 is 11.9 Å². The van der Waals surface area contributed by atoms with Gasteiger partial charge in [-0.05, 0) is 37.3 Å². The van der Waals surface area contributed by atoms with Crippen molar-refractivity contribution in [2.75, 3.05) is 13.1 Å². The summed E-state index contributed by atoms with van der Waals surface area (Å²) < 4.78 is 0. The lowest BCUT2D eigenvalue weighted by Crippen LogP contribution is -2.43. The van der Waals surface area contributed by atoms with Gasteiger partial charge in [-0.2, -0.15) is 0 Å². The minimum atomic E-state index is 0.0199. The predicted molar refractivity (Wildman–Crippen MR) is 93.6 cm³/mol. The van der Waals surface area contributed by atoms with E-state index < -0.39 is 0 Å². The molecule has 2 aliphatic carbocycles. The molecule has 2 saturated carbocycles. The van der Waals surface area contributed by atoms with Gasteiger partial charge in [0.15, 0.2) is 0 Å². The molecule has 3 fully saturated rings. The van der Waals surface area contributed by atoms with Gasteiger partial charge in [0.25, 0.3) is 0 Å². The van der Waals surface area contributed by atoms with E-state index in [0.29, 0.717) is 12.6 Å². The van der Waals surface area contributed by atoms with Crippen LogP contribution in [0, 0.1) is 11.3 Å². The van der Waals surface area contributed by atoms with Crippen LogP contribution in [0.5, 0.6) is 0 Å². The first-order valence-electron chi connectivity index (χ1n) is 9.38. The van der Waals surface area contributed by atoms with Gasteiger partial charge in [0.2, 0.25) is 5.91 Å². The first-order chi connectivity index (χ1) is 12.2. The van der Waals surface area contributed by atoms with E-state index in [0.717, 1.165) is 44.3 Å². The molecule has 2 heterocycles. The standard InChI is InChI=1S/C19H26N4O2/c24-17(21-12-14-4-3-8-20-11-14)16-10-19(16)7-9-23(13-19)18(25)22-15-5-1-2-6-15/h3-4,8,11,15-16H,1-2,5-7,9-10,12-13H2,(H,21,24)(H,22,25)/t16-,19-/m1/s1. The molecule has 2 atom stereocenters. The van der Waals surface area contributed by atoms with Crippen molar-refractivity contribution in [1.82, 2.24) is 20.5 Å². The fourth-order valence-corrected chi connectivity index (χ4v) is 4.39.